The van der Waals surface area contributed by atoms with E-state index in [4.69, 9.17) is 0 Å². The first-order valence-electron chi connectivity index (χ1n) is 5.72. The van der Waals surface area contributed by atoms with Gasteiger partial charge in [-0.2, -0.15) is 5.10 Å². The van der Waals surface area contributed by atoms with Gasteiger partial charge in [0, 0.05) is 18.2 Å². The highest BCUT2D eigenvalue weighted by Crippen LogP contribution is 2.30. The molecule has 2 N–H and O–H groups in total. The first-order valence-corrected chi connectivity index (χ1v) is 5.72. The number of aromatic nitrogens is 2. The number of rotatable bonds is 1. The molecule has 3 heteroatoms. The minimum Gasteiger partial charge on any atom is -0.316 e. The molecule has 1 aromatic heterocycles. The Hall–Kier alpha value is -0.830. The normalized spacial score (nSPS) is 26.4. The zero-order chi connectivity index (χ0) is 9.38. The summed E-state index contributed by atoms with van der Waals surface area (Å²) in [4.78, 5) is 0. The molecule has 0 bridgehead atoms. The molecule has 1 saturated heterocycles. The van der Waals surface area contributed by atoms with Crippen LogP contribution in [0.25, 0.3) is 0 Å². The number of hydrogen-bond acceptors (Lipinski definition) is 2. The topological polar surface area (TPSA) is 40.7 Å². The van der Waals surface area contributed by atoms with Crippen LogP contribution in [0.3, 0.4) is 0 Å². The molecule has 76 valence electrons. The predicted octanol–water partition coefficient (Wildman–Crippen LogP) is 1.37. The van der Waals surface area contributed by atoms with Gasteiger partial charge in [0.05, 0.1) is 5.69 Å². The Bertz CT molecular complexity index is 323. The molecule has 1 fully saturated rings. The van der Waals surface area contributed by atoms with Crippen LogP contribution in [0.5, 0.6) is 0 Å². The number of aromatic amines is 1. The largest absolute Gasteiger partial charge is 0.316 e. The maximum Gasteiger partial charge on any atom is 0.0700 e. The Morgan fingerprint density at radius 2 is 2.21 bits per heavy atom. The van der Waals surface area contributed by atoms with Gasteiger partial charge in [-0.3, -0.25) is 5.10 Å². The summed E-state index contributed by atoms with van der Waals surface area (Å²) in [6, 6.07) is 0. The fraction of sp³-hybridized carbons (Fsp3) is 0.727. The molecule has 14 heavy (non-hydrogen) atoms. The zero-order valence-electron chi connectivity index (χ0n) is 8.47. The fourth-order valence-corrected chi connectivity index (χ4v) is 2.77. The molecular formula is C11H17N3. The summed E-state index contributed by atoms with van der Waals surface area (Å²) in [5, 5.41) is 11.2. The number of fused-ring (bicyclic) bond motifs is 1. The Morgan fingerprint density at radius 3 is 3.07 bits per heavy atom. The summed E-state index contributed by atoms with van der Waals surface area (Å²) in [6.07, 6.45) is 6.38. The minimum atomic E-state index is 0.668. The van der Waals surface area contributed by atoms with Crippen molar-refractivity contribution in [2.45, 2.75) is 38.0 Å². The van der Waals surface area contributed by atoms with Gasteiger partial charge < -0.3 is 5.32 Å². The van der Waals surface area contributed by atoms with E-state index in [1.165, 1.54) is 50.0 Å². The molecule has 3 rings (SSSR count). The third-order valence-corrected chi connectivity index (χ3v) is 3.52. The quantitative estimate of drug-likeness (QED) is 0.703. The number of nitrogens with one attached hydrogen (secondary N) is 2. The highest BCUT2D eigenvalue weighted by atomic mass is 15.1. The monoisotopic (exact) mass is 191 g/mol. The van der Waals surface area contributed by atoms with E-state index in [0.29, 0.717) is 5.92 Å². The molecule has 0 radical (unpaired) electrons. The lowest BCUT2D eigenvalue weighted by molar-refractivity contribution is 0.452. The second-order valence-corrected chi connectivity index (χ2v) is 4.46. The van der Waals surface area contributed by atoms with E-state index >= 15 is 0 Å². The van der Waals surface area contributed by atoms with Crippen LogP contribution in [0, 0.1) is 0 Å². The molecule has 0 saturated carbocycles. The van der Waals surface area contributed by atoms with Crippen molar-refractivity contribution in [3.05, 3.63) is 17.0 Å². The lowest BCUT2D eigenvalue weighted by Crippen LogP contribution is -2.29. The smallest absolute Gasteiger partial charge is 0.0700 e. The van der Waals surface area contributed by atoms with Crippen molar-refractivity contribution in [2.24, 2.45) is 0 Å². The van der Waals surface area contributed by atoms with E-state index in [9.17, 15) is 0 Å². The van der Waals surface area contributed by atoms with E-state index in [2.05, 4.69) is 15.5 Å². The van der Waals surface area contributed by atoms with Crippen molar-refractivity contribution in [3.8, 4) is 0 Å². The number of piperidine rings is 1. The molecule has 0 unspecified atom stereocenters. The van der Waals surface area contributed by atoms with E-state index in [1.54, 1.807) is 5.56 Å². The predicted molar refractivity (Wildman–Crippen MR) is 55.5 cm³/mol. The van der Waals surface area contributed by atoms with E-state index in [-0.39, 0.29) is 0 Å². The molecule has 2 heterocycles. The summed E-state index contributed by atoms with van der Waals surface area (Å²) in [7, 11) is 0. The molecule has 3 nitrogen and oxygen atoms in total. The maximum atomic E-state index is 4.50. The number of H-pyrrole nitrogens is 1. The van der Waals surface area contributed by atoms with Crippen LogP contribution in [0.4, 0.5) is 0 Å². The third-order valence-electron chi connectivity index (χ3n) is 3.52. The van der Waals surface area contributed by atoms with Crippen LogP contribution >= 0.6 is 0 Å². The molecule has 1 aromatic rings. The molecule has 1 aliphatic heterocycles. The SMILES string of the molecule is C1Cc2[nH]nc([C@H]3CCCNC3)c2C1. The Balaban J connectivity index is 1.88. The van der Waals surface area contributed by atoms with Gasteiger partial charge in [-0.05, 0) is 44.2 Å². The first kappa shape index (κ1) is 8.48. The second kappa shape index (κ2) is 3.39. The molecule has 1 atom stereocenters. The standard InChI is InChI=1S/C11H17N3/c1-4-9-10(5-1)13-14-11(9)8-3-2-6-12-7-8/h8,12H,1-7H2,(H,13,14)/t8-/m0/s1. The highest BCUT2D eigenvalue weighted by Gasteiger charge is 2.25. The Morgan fingerprint density at radius 1 is 1.21 bits per heavy atom. The van der Waals surface area contributed by atoms with Gasteiger partial charge in [-0.25, -0.2) is 0 Å². The third kappa shape index (κ3) is 1.27. The summed E-state index contributed by atoms with van der Waals surface area (Å²) < 4.78 is 0. The molecule has 2 aliphatic rings. The summed E-state index contributed by atoms with van der Waals surface area (Å²) in [5.41, 5.74) is 4.31. The first-order chi connectivity index (χ1) is 6.95. The number of nitrogens with zero attached hydrogens (tertiary/aromatic N) is 1. The average Bonchev–Trinajstić information content (AvgIpc) is 2.79. The second-order valence-electron chi connectivity index (χ2n) is 4.46. The van der Waals surface area contributed by atoms with Gasteiger partial charge in [-0.1, -0.05) is 0 Å². The molecule has 0 aromatic carbocycles. The van der Waals surface area contributed by atoms with E-state index < -0.39 is 0 Å². The van der Waals surface area contributed by atoms with Crippen molar-refractivity contribution >= 4 is 0 Å². The van der Waals surface area contributed by atoms with Gasteiger partial charge in [0.1, 0.15) is 0 Å². The van der Waals surface area contributed by atoms with Crippen molar-refractivity contribution < 1.29 is 0 Å². The number of hydrogen-bond donors (Lipinski definition) is 2. The maximum absolute atomic E-state index is 4.50. The van der Waals surface area contributed by atoms with Gasteiger partial charge in [0.15, 0.2) is 0 Å². The van der Waals surface area contributed by atoms with Crippen LogP contribution < -0.4 is 5.32 Å². The Labute approximate surface area is 84.3 Å². The van der Waals surface area contributed by atoms with Crippen LogP contribution in [-0.2, 0) is 12.8 Å². The van der Waals surface area contributed by atoms with Crippen LogP contribution in [0.2, 0.25) is 0 Å². The van der Waals surface area contributed by atoms with Gasteiger partial charge in [0.2, 0.25) is 0 Å². The molecule has 1 aliphatic carbocycles. The van der Waals surface area contributed by atoms with Gasteiger partial charge in [-0.15, -0.1) is 0 Å². The molecule has 0 spiro atoms. The van der Waals surface area contributed by atoms with Crippen LogP contribution in [0.15, 0.2) is 0 Å². The summed E-state index contributed by atoms with van der Waals surface area (Å²) >= 11 is 0. The van der Waals surface area contributed by atoms with Crippen molar-refractivity contribution in [3.63, 3.8) is 0 Å². The van der Waals surface area contributed by atoms with Crippen molar-refractivity contribution in [1.82, 2.24) is 15.5 Å². The number of aryl methyl sites for hydroxylation is 1. The average molecular weight is 191 g/mol. The Kier molecular flexibility index (Phi) is 2.05. The summed E-state index contributed by atoms with van der Waals surface area (Å²) in [6.45, 7) is 2.31. The van der Waals surface area contributed by atoms with Gasteiger partial charge in [0.25, 0.3) is 0 Å². The van der Waals surface area contributed by atoms with E-state index in [0.717, 1.165) is 6.54 Å². The lowest BCUT2D eigenvalue weighted by atomic mass is 9.93. The zero-order valence-corrected chi connectivity index (χ0v) is 8.47. The van der Waals surface area contributed by atoms with Crippen LogP contribution in [-0.4, -0.2) is 23.3 Å². The van der Waals surface area contributed by atoms with Gasteiger partial charge >= 0.3 is 0 Å². The molecular weight excluding hydrogens is 174 g/mol. The highest BCUT2D eigenvalue weighted by molar-refractivity contribution is 5.32. The van der Waals surface area contributed by atoms with Crippen molar-refractivity contribution in [1.29, 1.82) is 0 Å². The van der Waals surface area contributed by atoms with E-state index in [1.807, 2.05) is 0 Å². The minimum absolute atomic E-state index is 0.668. The summed E-state index contributed by atoms with van der Waals surface area (Å²) in [5.74, 6) is 0.668. The molecule has 0 amide bonds. The fourth-order valence-electron chi connectivity index (χ4n) is 2.77. The van der Waals surface area contributed by atoms with Crippen molar-refractivity contribution in [2.75, 3.05) is 13.1 Å². The van der Waals surface area contributed by atoms with Crippen LogP contribution in [0.1, 0.15) is 42.1 Å². The lowest BCUT2D eigenvalue weighted by Gasteiger charge is -2.21.